The summed E-state index contributed by atoms with van der Waals surface area (Å²) in [5, 5.41) is 0. The van der Waals surface area contributed by atoms with E-state index in [2.05, 4.69) is 0 Å². The highest BCUT2D eigenvalue weighted by atomic mass is 19.2. The van der Waals surface area contributed by atoms with E-state index in [4.69, 9.17) is 0 Å². The Morgan fingerprint density at radius 1 is 1.06 bits per heavy atom. The maximum absolute atomic E-state index is 13.5. The fraction of sp³-hybridized carbons (Fsp3) is 0.500. The van der Waals surface area contributed by atoms with Crippen LogP contribution in [0.1, 0.15) is 49.9 Å². The van der Waals surface area contributed by atoms with E-state index in [0.29, 0.717) is 12.8 Å². The molecule has 0 spiro atoms. The highest BCUT2D eigenvalue weighted by molar-refractivity contribution is 5.98. The summed E-state index contributed by atoms with van der Waals surface area (Å²) in [7, 11) is 0. The first-order valence-corrected chi connectivity index (χ1v) is 6.20. The lowest BCUT2D eigenvalue weighted by atomic mass is 9.89. The summed E-state index contributed by atoms with van der Waals surface area (Å²) in [5.41, 5.74) is -0.346. The number of carbonyl (C=O) groups excluding carboxylic acids is 1. The molecule has 0 heterocycles. The number of carbonyl (C=O) groups is 1. The summed E-state index contributed by atoms with van der Waals surface area (Å²) in [5.74, 6) is -4.98. The van der Waals surface area contributed by atoms with Crippen LogP contribution in [0, 0.1) is 23.4 Å². The molecule has 0 radical (unpaired) electrons. The molecule has 0 saturated carbocycles. The maximum atomic E-state index is 13.5. The van der Waals surface area contributed by atoms with Crippen molar-refractivity contribution in [3.8, 4) is 0 Å². The summed E-state index contributed by atoms with van der Waals surface area (Å²) in [4.78, 5) is 12.1. The van der Waals surface area contributed by atoms with Crippen molar-refractivity contribution in [3.05, 3.63) is 35.1 Å². The van der Waals surface area contributed by atoms with Crippen LogP contribution in [0.3, 0.4) is 0 Å². The Bertz CT molecular complexity index is 423. The zero-order valence-corrected chi connectivity index (χ0v) is 10.6. The second kappa shape index (κ2) is 6.57. The van der Waals surface area contributed by atoms with Crippen molar-refractivity contribution in [1.82, 2.24) is 0 Å². The molecule has 1 rings (SSSR count). The summed E-state index contributed by atoms with van der Waals surface area (Å²) < 4.78 is 39.4. The molecule has 0 aliphatic carbocycles. The average molecular weight is 258 g/mol. The van der Waals surface area contributed by atoms with E-state index in [1.165, 1.54) is 0 Å². The van der Waals surface area contributed by atoms with E-state index in [9.17, 15) is 18.0 Å². The van der Waals surface area contributed by atoms with Gasteiger partial charge in [-0.15, -0.1) is 0 Å². The van der Waals surface area contributed by atoms with Gasteiger partial charge in [0.1, 0.15) is 0 Å². The summed E-state index contributed by atoms with van der Waals surface area (Å²) in [6, 6.07) is 1.81. The fourth-order valence-electron chi connectivity index (χ4n) is 2.04. The van der Waals surface area contributed by atoms with Crippen molar-refractivity contribution in [2.75, 3.05) is 0 Å². The lowest BCUT2D eigenvalue weighted by Crippen LogP contribution is -2.17. The SMILES string of the molecule is CCCC(CCC)C(=O)c1ccc(F)c(F)c1F. The van der Waals surface area contributed by atoms with Crippen LogP contribution in [0.15, 0.2) is 12.1 Å². The molecule has 100 valence electrons. The van der Waals surface area contributed by atoms with E-state index in [1.807, 2.05) is 13.8 Å². The molecule has 0 aliphatic heterocycles. The monoisotopic (exact) mass is 258 g/mol. The van der Waals surface area contributed by atoms with Gasteiger partial charge in [-0.25, -0.2) is 13.2 Å². The zero-order valence-electron chi connectivity index (χ0n) is 10.6. The van der Waals surface area contributed by atoms with Crippen molar-refractivity contribution >= 4 is 5.78 Å². The van der Waals surface area contributed by atoms with Crippen LogP contribution in [0.4, 0.5) is 13.2 Å². The van der Waals surface area contributed by atoms with Crippen molar-refractivity contribution in [2.45, 2.75) is 39.5 Å². The van der Waals surface area contributed by atoms with Gasteiger partial charge in [-0.3, -0.25) is 4.79 Å². The minimum atomic E-state index is -1.58. The molecule has 0 aromatic heterocycles. The molecule has 0 fully saturated rings. The van der Waals surface area contributed by atoms with E-state index in [-0.39, 0.29) is 11.5 Å². The molecule has 0 amide bonds. The molecule has 1 aromatic rings. The van der Waals surface area contributed by atoms with Gasteiger partial charge in [-0.1, -0.05) is 26.7 Å². The Morgan fingerprint density at radius 2 is 1.61 bits per heavy atom. The number of hydrogen-bond donors (Lipinski definition) is 0. The third-order valence-corrected chi connectivity index (χ3v) is 2.95. The first-order chi connectivity index (χ1) is 8.52. The third-order valence-electron chi connectivity index (χ3n) is 2.95. The molecule has 1 aromatic carbocycles. The Labute approximate surface area is 105 Å². The first-order valence-electron chi connectivity index (χ1n) is 6.20. The quantitative estimate of drug-likeness (QED) is 0.542. The summed E-state index contributed by atoms with van der Waals surface area (Å²) in [6.07, 6.45) is 2.85. The van der Waals surface area contributed by atoms with Crippen molar-refractivity contribution in [2.24, 2.45) is 5.92 Å². The second-order valence-corrected chi connectivity index (χ2v) is 4.36. The van der Waals surface area contributed by atoms with Crippen LogP contribution in [-0.4, -0.2) is 5.78 Å². The topological polar surface area (TPSA) is 17.1 Å². The van der Waals surface area contributed by atoms with Crippen LogP contribution in [0.25, 0.3) is 0 Å². The predicted octanol–water partition coefficient (Wildman–Crippen LogP) is 4.50. The number of rotatable bonds is 6. The van der Waals surface area contributed by atoms with Gasteiger partial charge in [0.15, 0.2) is 23.2 Å². The number of Topliss-reactive ketones (excluding diaryl/α,β-unsaturated/α-hetero) is 1. The minimum Gasteiger partial charge on any atom is -0.294 e. The fourth-order valence-corrected chi connectivity index (χ4v) is 2.04. The van der Waals surface area contributed by atoms with Gasteiger partial charge >= 0.3 is 0 Å². The van der Waals surface area contributed by atoms with Crippen molar-refractivity contribution < 1.29 is 18.0 Å². The standard InChI is InChI=1S/C14H17F3O/c1-3-5-9(6-4-2)14(18)10-7-8-11(15)13(17)12(10)16/h7-9H,3-6H2,1-2H3. The largest absolute Gasteiger partial charge is 0.294 e. The summed E-state index contributed by atoms with van der Waals surface area (Å²) in [6.45, 7) is 3.86. The average Bonchev–Trinajstić information content (AvgIpc) is 2.35. The highest BCUT2D eigenvalue weighted by Gasteiger charge is 2.24. The molecular formula is C14H17F3O. The molecule has 0 aliphatic rings. The second-order valence-electron chi connectivity index (χ2n) is 4.36. The van der Waals surface area contributed by atoms with Gasteiger partial charge in [0.2, 0.25) is 0 Å². The van der Waals surface area contributed by atoms with Gasteiger partial charge < -0.3 is 0 Å². The van der Waals surface area contributed by atoms with E-state index >= 15 is 0 Å². The zero-order chi connectivity index (χ0) is 13.7. The van der Waals surface area contributed by atoms with Crippen molar-refractivity contribution in [1.29, 1.82) is 0 Å². The van der Waals surface area contributed by atoms with Gasteiger partial charge in [0, 0.05) is 5.92 Å². The van der Waals surface area contributed by atoms with E-state index in [0.717, 1.165) is 25.0 Å². The molecule has 4 heteroatoms. The van der Waals surface area contributed by atoms with Crippen LogP contribution in [-0.2, 0) is 0 Å². The highest BCUT2D eigenvalue weighted by Crippen LogP contribution is 2.23. The number of halogens is 3. The number of benzene rings is 1. The van der Waals surface area contributed by atoms with Gasteiger partial charge in [-0.2, -0.15) is 0 Å². The summed E-state index contributed by atoms with van der Waals surface area (Å²) >= 11 is 0. The molecule has 0 unspecified atom stereocenters. The van der Waals surface area contributed by atoms with Crippen LogP contribution in [0.2, 0.25) is 0 Å². The Morgan fingerprint density at radius 3 is 2.11 bits per heavy atom. The molecule has 1 nitrogen and oxygen atoms in total. The van der Waals surface area contributed by atoms with E-state index < -0.39 is 23.2 Å². The molecule has 0 atom stereocenters. The van der Waals surface area contributed by atoms with Crippen molar-refractivity contribution in [3.63, 3.8) is 0 Å². The molecule has 0 bridgehead atoms. The third kappa shape index (κ3) is 3.12. The van der Waals surface area contributed by atoms with Gasteiger partial charge in [0.05, 0.1) is 5.56 Å². The number of hydrogen-bond acceptors (Lipinski definition) is 1. The van der Waals surface area contributed by atoms with Crippen LogP contribution < -0.4 is 0 Å². The first kappa shape index (κ1) is 14.7. The Kier molecular flexibility index (Phi) is 5.38. The lowest BCUT2D eigenvalue weighted by molar-refractivity contribution is 0.0899. The lowest BCUT2D eigenvalue weighted by Gasteiger charge is -2.14. The Hall–Kier alpha value is -1.32. The molecular weight excluding hydrogens is 241 g/mol. The predicted molar refractivity (Wildman–Crippen MR) is 64.0 cm³/mol. The Balaban J connectivity index is 3.05. The number of ketones is 1. The normalized spacial score (nSPS) is 11.0. The molecule has 18 heavy (non-hydrogen) atoms. The molecule has 0 N–H and O–H groups in total. The maximum Gasteiger partial charge on any atom is 0.195 e. The minimum absolute atomic E-state index is 0.320. The smallest absolute Gasteiger partial charge is 0.195 e. The molecule has 0 saturated heterocycles. The van der Waals surface area contributed by atoms with Crippen LogP contribution in [0.5, 0.6) is 0 Å². The van der Waals surface area contributed by atoms with Gasteiger partial charge in [-0.05, 0) is 25.0 Å². The van der Waals surface area contributed by atoms with E-state index in [1.54, 1.807) is 0 Å². The van der Waals surface area contributed by atoms with Gasteiger partial charge in [0.25, 0.3) is 0 Å². The van der Waals surface area contributed by atoms with Crippen LogP contribution >= 0.6 is 0 Å².